The number of aromatic nitrogens is 2. The summed E-state index contributed by atoms with van der Waals surface area (Å²) in [5, 5.41) is 7.93. The molecule has 5 nitrogen and oxygen atoms in total. The molecule has 5 heteroatoms. The molecular weight excluding hydrogens is 254 g/mol. The van der Waals surface area contributed by atoms with Crippen molar-refractivity contribution < 1.29 is 9.21 Å². The second kappa shape index (κ2) is 4.52. The van der Waals surface area contributed by atoms with Crippen molar-refractivity contribution in [3.8, 4) is 0 Å². The molecule has 0 aliphatic carbocycles. The highest BCUT2D eigenvalue weighted by Gasteiger charge is 2.13. The Morgan fingerprint density at radius 3 is 2.80 bits per heavy atom. The summed E-state index contributed by atoms with van der Waals surface area (Å²) < 4.78 is 7.19. The Kier molecular flexibility index (Phi) is 2.82. The Hall–Kier alpha value is -2.56. The van der Waals surface area contributed by atoms with Gasteiger partial charge in [0, 0.05) is 23.8 Å². The largest absolute Gasteiger partial charge is 0.461 e. The van der Waals surface area contributed by atoms with Gasteiger partial charge in [-0.25, -0.2) is 0 Å². The number of aryl methyl sites for hydroxylation is 2. The van der Waals surface area contributed by atoms with E-state index >= 15 is 0 Å². The van der Waals surface area contributed by atoms with E-state index in [9.17, 15) is 4.79 Å². The van der Waals surface area contributed by atoms with Crippen molar-refractivity contribution in [2.45, 2.75) is 13.8 Å². The molecule has 0 radical (unpaired) electrons. The Bertz CT molecular complexity index is 799. The molecule has 1 amide bonds. The molecule has 0 bridgehead atoms. The van der Waals surface area contributed by atoms with Gasteiger partial charge in [0.1, 0.15) is 11.3 Å². The minimum Gasteiger partial charge on any atom is -0.461 e. The maximum Gasteiger partial charge on any atom is 0.259 e. The Labute approximate surface area is 116 Å². The monoisotopic (exact) mass is 269 g/mol. The fourth-order valence-corrected chi connectivity index (χ4v) is 2.17. The van der Waals surface area contributed by atoms with Crippen molar-refractivity contribution >= 4 is 22.6 Å². The lowest BCUT2D eigenvalue weighted by Gasteiger charge is -2.04. The summed E-state index contributed by atoms with van der Waals surface area (Å²) >= 11 is 0. The smallest absolute Gasteiger partial charge is 0.259 e. The van der Waals surface area contributed by atoms with Crippen molar-refractivity contribution in [3.05, 3.63) is 47.5 Å². The number of furan rings is 1. The Balaban J connectivity index is 1.88. The number of amides is 1. The van der Waals surface area contributed by atoms with Gasteiger partial charge < -0.3 is 9.73 Å². The number of carbonyl (C=O) groups excluding carboxylic acids is 1. The van der Waals surface area contributed by atoms with Crippen molar-refractivity contribution in [3.63, 3.8) is 0 Å². The zero-order valence-electron chi connectivity index (χ0n) is 11.6. The van der Waals surface area contributed by atoms with E-state index in [4.69, 9.17) is 4.42 Å². The fraction of sp³-hybridized carbons (Fsp3) is 0.200. The predicted octanol–water partition coefficient (Wildman–Crippen LogP) is 3.04. The number of hydrogen-bond donors (Lipinski definition) is 1. The standard InChI is InChI=1S/C15H15N3O2/c1-9-6-11-7-12(4-5-14(11)20-9)17-15(19)13-8-16-18(3)10(13)2/h4-8H,1-3H3,(H,17,19). The van der Waals surface area contributed by atoms with Crippen molar-refractivity contribution in [2.24, 2.45) is 7.05 Å². The van der Waals surface area contributed by atoms with Gasteiger partial charge >= 0.3 is 0 Å². The van der Waals surface area contributed by atoms with E-state index in [0.29, 0.717) is 5.56 Å². The molecule has 0 saturated heterocycles. The number of benzene rings is 1. The molecule has 0 aliphatic rings. The van der Waals surface area contributed by atoms with E-state index in [-0.39, 0.29) is 5.91 Å². The third kappa shape index (κ3) is 2.07. The molecule has 2 heterocycles. The Morgan fingerprint density at radius 1 is 1.30 bits per heavy atom. The number of anilines is 1. The number of fused-ring (bicyclic) bond motifs is 1. The average Bonchev–Trinajstić information content (AvgIpc) is 2.92. The minimum absolute atomic E-state index is 0.157. The van der Waals surface area contributed by atoms with Crippen LogP contribution in [0.15, 0.2) is 34.9 Å². The SMILES string of the molecule is Cc1cc2cc(NC(=O)c3cnn(C)c3C)ccc2o1. The third-order valence-corrected chi connectivity index (χ3v) is 3.38. The molecule has 0 unspecified atom stereocenters. The van der Waals surface area contributed by atoms with E-state index in [1.54, 1.807) is 10.9 Å². The van der Waals surface area contributed by atoms with Crippen molar-refractivity contribution in [2.75, 3.05) is 5.32 Å². The lowest BCUT2D eigenvalue weighted by atomic mass is 10.2. The zero-order valence-corrected chi connectivity index (χ0v) is 11.6. The van der Waals surface area contributed by atoms with Crippen LogP contribution in [0, 0.1) is 13.8 Å². The van der Waals surface area contributed by atoms with Crippen LogP contribution in [0.25, 0.3) is 11.0 Å². The lowest BCUT2D eigenvalue weighted by Crippen LogP contribution is -2.12. The van der Waals surface area contributed by atoms with Gasteiger partial charge in [-0.1, -0.05) is 0 Å². The molecular formula is C15H15N3O2. The average molecular weight is 269 g/mol. The maximum atomic E-state index is 12.2. The van der Waals surface area contributed by atoms with E-state index in [2.05, 4.69) is 10.4 Å². The Morgan fingerprint density at radius 2 is 2.10 bits per heavy atom. The van der Waals surface area contributed by atoms with Crippen molar-refractivity contribution in [1.29, 1.82) is 0 Å². The highest BCUT2D eigenvalue weighted by Crippen LogP contribution is 2.23. The quantitative estimate of drug-likeness (QED) is 0.777. The van der Waals surface area contributed by atoms with Crippen LogP contribution < -0.4 is 5.32 Å². The van der Waals surface area contributed by atoms with Gasteiger partial charge in [-0.3, -0.25) is 9.48 Å². The van der Waals surface area contributed by atoms with Crippen molar-refractivity contribution in [1.82, 2.24) is 9.78 Å². The van der Waals surface area contributed by atoms with Crippen LogP contribution in [-0.2, 0) is 7.05 Å². The highest BCUT2D eigenvalue weighted by molar-refractivity contribution is 6.05. The van der Waals surface area contributed by atoms with Gasteiger partial charge in [-0.05, 0) is 38.1 Å². The molecule has 1 aromatic carbocycles. The summed E-state index contributed by atoms with van der Waals surface area (Å²) in [4.78, 5) is 12.2. The van der Waals surface area contributed by atoms with Crippen LogP contribution in [0.2, 0.25) is 0 Å². The van der Waals surface area contributed by atoms with Crippen LogP contribution in [0.1, 0.15) is 21.8 Å². The molecule has 102 valence electrons. The molecule has 0 atom stereocenters. The van der Waals surface area contributed by atoms with Crippen LogP contribution in [0.5, 0.6) is 0 Å². The molecule has 3 rings (SSSR count). The molecule has 2 aromatic heterocycles. The van der Waals surface area contributed by atoms with E-state index in [0.717, 1.165) is 28.1 Å². The van der Waals surface area contributed by atoms with Gasteiger partial charge in [0.05, 0.1) is 11.8 Å². The fourth-order valence-electron chi connectivity index (χ4n) is 2.17. The van der Waals surface area contributed by atoms with Gasteiger partial charge in [-0.15, -0.1) is 0 Å². The predicted molar refractivity (Wildman–Crippen MR) is 76.8 cm³/mol. The van der Waals surface area contributed by atoms with Crippen LogP contribution in [0.3, 0.4) is 0 Å². The molecule has 3 aromatic rings. The molecule has 1 N–H and O–H groups in total. The van der Waals surface area contributed by atoms with Gasteiger partial charge in [0.15, 0.2) is 0 Å². The molecule has 0 fully saturated rings. The summed E-state index contributed by atoms with van der Waals surface area (Å²) in [5.41, 5.74) is 2.98. The second-order valence-electron chi connectivity index (χ2n) is 4.83. The number of nitrogens with zero attached hydrogens (tertiary/aromatic N) is 2. The van der Waals surface area contributed by atoms with Gasteiger partial charge in [0.25, 0.3) is 5.91 Å². The summed E-state index contributed by atoms with van der Waals surface area (Å²) in [6.45, 7) is 3.77. The van der Waals surface area contributed by atoms with Gasteiger partial charge in [-0.2, -0.15) is 5.10 Å². The van der Waals surface area contributed by atoms with E-state index < -0.39 is 0 Å². The van der Waals surface area contributed by atoms with E-state index in [1.165, 1.54) is 0 Å². The van der Waals surface area contributed by atoms with Crippen LogP contribution in [0.4, 0.5) is 5.69 Å². The highest BCUT2D eigenvalue weighted by atomic mass is 16.3. The summed E-state index contributed by atoms with van der Waals surface area (Å²) in [6, 6.07) is 7.53. The normalized spacial score (nSPS) is 10.9. The first kappa shape index (κ1) is 12.5. The summed E-state index contributed by atoms with van der Waals surface area (Å²) in [6.07, 6.45) is 1.57. The number of carbonyl (C=O) groups is 1. The number of rotatable bonds is 2. The summed E-state index contributed by atoms with van der Waals surface area (Å²) in [7, 11) is 1.81. The number of nitrogens with one attached hydrogen (secondary N) is 1. The third-order valence-electron chi connectivity index (χ3n) is 3.38. The molecule has 0 spiro atoms. The number of hydrogen-bond acceptors (Lipinski definition) is 3. The van der Waals surface area contributed by atoms with Gasteiger partial charge in [0.2, 0.25) is 0 Å². The zero-order chi connectivity index (χ0) is 14.3. The first-order chi connectivity index (χ1) is 9.54. The van der Waals surface area contributed by atoms with E-state index in [1.807, 2.05) is 45.2 Å². The van der Waals surface area contributed by atoms with Crippen LogP contribution in [-0.4, -0.2) is 15.7 Å². The maximum absolute atomic E-state index is 12.2. The first-order valence-corrected chi connectivity index (χ1v) is 6.35. The lowest BCUT2D eigenvalue weighted by molar-refractivity contribution is 0.102. The minimum atomic E-state index is -0.157. The second-order valence-corrected chi connectivity index (χ2v) is 4.83. The van der Waals surface area contributed by atoms with Crippen LogP contribution >= 0.6 is 0 Å². The molecule has 0 aliphatic heterocycles. The topological polar surface area (TPSA) is 60.1 Å². The summed E-state index contributed by atoms with van der Waals surface area (Å²) in [5.74, 6) is 0.696. The molecule has 0 saturated carbocycles. The first-order valence-electron chi connectivity index (χ1n) is 6.35. The molecule has 20 heavy (non-hydrogen) atoms.